The summed E-state index contributed by atoms with van der Waals surface area (Å²) in [5.74, 6) is 0.270. The smallest absolute Gasteiger partial charge is 0.357 e. The molecule has 0 bridgehead atoms. The van der Waals surface area contributed by atoms with Crippen LogP contribution >= 0.6 is 0 Å². The summed E-state index contributed by atoms with van der Waals surface area (Å²) in [6.45, 7) is 2.13. The lowest BCUT2D eigenvalue weighted by Crippen LogP contribution is -2.13. The Morgan fingerprint density at radius 1 is 1.24 bits per heavy atom. The lowest BCUT2D eigenvalue weighted by Gasteiger charge is -2.06. The average molecular weight is 282 g/mol. The molecule has 0 saturated heterocycles. The molecule has 1 N–H and O–H groups in total. The molecular formula is C16H16N3O2. The molecule has 0 fully saturated rings. The molecule has 0 aliphatic carbocycles. The number of benzene rings is 1. The van der Waals surface area contributed by atoms with Gasteiger partial charge in [-0.1, -0.05) is 30.3 Å². The normalized spacial score (nSPS) is 13.0. The molecule has 1 aromatic carbocycles. The first-order valence-electron chi connectivity index (χ1n) is 6.99. The summed E-state index contributed by atoms with van der Waals surface area (Å²) in [5.41, 5.74) is 3.43. The number of hydrogen-bond donors (Lipinski definition) is 1. The first kappa shape index (κ1) is 13.4. The number of aryl methyl sites for hydroxylation is 1. The number of nitrogens with zero attached hydrogens (tertiary/aromatic N) is 2. The maximum Gasteiger partial charge on any atom is 0.357 e. The van der Waals surface area contributed by atoms with Crippen molar-refractivity contribution in [3.8, 4) is 0 Å². The zero-order valence-corrected chi connectivity index (χ0v) is 11.8. The van der Waals surface area contributed by atoms with Crippen LogP contribution in [-0.2, 0) is 16.0 Å². The molecule has 1 aliphatic rings. The van der Waals surface area contributed by atoms with Crippen LogP contribution in [0.15, 0.2) is 42.2 Å². The van der Waals surface area contributed by atoms with Crippen molar-refractivity contribution in [2.45, 2.75) is 19.8 Å². The lowest BCUT2D eigenvalue weighted by molar-refractivity contribution is -0.138. The van der Waals surface area contributed by atoms with Gasteiger partial charge in [-0.05, 0) is 30.9 Å². The number of ether oxygens (including phenoxy) is 1. The van der Waals surface area contributed by atoms with Crippen molar-refractivity contribution in [1.82, 2.24) is 15.5 Å². The molecule has 5 nitrogen and oxygen atoms in total. The van der Waals surface area contributed by atoms with E-state index in [4.69, 9.17) is 4.74 Å². The minimum absolute atomic E-state index is 0.343. The molecule has 3 rings (SSSR count). The molecule has 1 aliphatic heterocycles. The first-order valence-corrected chi connectivity index (χ1v) is 6.99. The number of allylic oxidation sites excluding steroid dienone is 1. The predicted octanol–water partition coefficient (Wildman–Crippen LogP) is 2.57. The highest BCUT2D eigenvalue weighted by Gasteiger charge is 2.29. The van der Waals surface area contributed by atoms with Gasteiger partial charge in [0, 0.05) is 5.56 Å². The first-order chi connectivity index (χ1) is 10.3. The van der Waals surface area contributed by atoms with Crippen molar-refractivity contribution in [3.05, 3.63) is 53.4 Å². The molecule has 5 heteroatoms. The van der Waals surface area contributed by atoms with Gasteiger partial charge in [0.1, 0.15) is 0 Å². The van der Waals surface area contributed by atoms with Gasteiger partial charge in [-0.2, -0.15) is 5.10 Å². The Hall–Kier alpha value is -2.56. The summed E-state index contributed by atoms with van der Waals surface area (Å²) in [7, 11) is 0. The second kappa shape index (κ2) is 5.83. The van der Waals surface area contributed by atoms with Crippen LogP contribution in [0.3, 0.4) is 0 Å². The number of rotatable bonds is 5. The van der Waals surface area contributed by atoms with Crippen molar-refractivity contribution >= 4 is 17.4 Å². The summed E-state index contributed by atoms with van der Waals surface area (Å²) in [6, 6.07) is 10.2. The number of esters is 1. The number of aromatic nitrogens is 2. The molecule has 107 valence electrons. The van der Waals surface area contributed by atoms with Crippen LogP contribution in [0.1, 0.15) is 24.5 Å². The maximum absolute atomic E-state index is 12.0. The Morgan fingerprint density at radius 3 is 2.81 bits per heavy atom. The average Bonchev–Trinajstić information content (AvgIpc) is 3.07. The lowest BCUT2D eigenvalue weighted by atomic mass is 10.00. The van der Waals surface area contributed by atoms with Gasteiger partial charge in [0.2, 0.25) is 0 Å². The summed E-state index contributed by atoms with van der Waals surface area (Å²) >= 11 is 0. The fraction of sp³-hybridized carbons (Fsp3) is 0.250. The van der Waals surface area contributed by atoms with Crippen LogP contribution in [0.4, 0.5) is 5.82 Å². The van der Waals surface area contributed by atoms with E-state index in [9.17, 15) is 4.79 Å². The van der Waals surface area contributed by atoms with Crippen LogP contribution < -0.4 is 5.32 Å². The van der Waals surface area contributed by atoms with Gasteiger partial charge in [0.25, 0.3) is 0 Å². The molecule has 21 heavy (non-hydrogen) atoms. The highest BCUT2D eigenvalue weighted by atomic mass is 16.5. The molecule has 1 aromatic heterocycles. The third kappa shape index (κ3) is 2.67. The van der Waals surface area contributed by atoms with E-state index in [1.54, 1.807) is 13.1 Å². The molecular weight excluding hydrogens is 266 g/mol. The van der Waals surface area contributed by atoms with E-state index in [2.05, 4.69) is 27.6 Å². The number of aromatic amines is 1. The number of hydrogen-bond acceptors (Lipinski definition) is 3. The molecule has 0 saturated carbocycles. The highest BCUT2D eigenvalue weighted by molar-refractivity contribution is 6.01. The topological polar surface area (TPSA) is 69.1 Å². The second-order valence-corrected chi connectivity index (χ2v) is 4.78. The zero-order valence-electron chi connectivity index (χ0n) is 11.8. The summed E-state index contributed by atoms with van der Waals surface area (Å²) in [4.78, 5) is 12.0. The van der Waals surface area contributed by atoms with E-state index >= 15 is 0 Å². The van der Waals surface area contributed by atoms with E-state index in [0.29, 0.717) is 18.1 Å². The molecule has 0 atom stereocenters. The highest BCUT2D eigenvalue weighted by Crippen LogP contribution is 2.36. The monoisotopic (exact) mass is 282 g/mol. The Kier molecular flexibility index (Phi) is 3.73. The summed E-state index contributed by atoms with van der Waals surface area (Å²) in [6.07, 6.45) is 3.29. The van der Waals surface area contributed by atoms with Crippen molar-refractivity contribution in [1.29, 1.82) is 0 Å². The SMILES string of the molecule is CCOC(=O)C1=C(CCc2ccccc2)c2cn[nH]c2[N]1. The standard InChI is InChI=1S/C16H16N3O2/c1-2-21-16(20)14-12(13-10-17-19-15(13)18-14)9-8-11-6-4-3-5-7-11/h3-7,10H,2,8-9H2,1H3,(H,17,19). The minimum atomic E-state index is -0.370. The molecule has 0 unspecified atom stereocenters. The Bertz CT molecular complexity index is 674. The predicted molar refractivity (Wildman–Crippen MR) is 78.7 cm³/mol. The minimum Gasteiger partial charge on any atom is -0.461 e. The number of carbonyl (C=O) groups excluding carboxylic acids is 1. The summed E-state index contributed by atoms with van der Waals surface area (Å²) < 4.78 is 5.08. The Labute approximate surface area is 123 Å². The number of nitrogens with one attached hydrogen (secondary N) is 1. The van der Waals surface area contributed by atoms with Gasteiger partial charge in [-0.3, -0.25) is 5.10 Å². The molecule has 0 spiro atoms. The molecule has 0 amide bonds. The fourth-order valence-electron chi connectivity index (χ4n) is 2.43. The van der Waals surface area contributed by atoms with Gasteiger partial charge in [0.05, 0.1) is 12.8 Å². The van der Waals surface area contributed by atoms with E-state index < -0.39 is 0 Å². The number of fused-ring (bicyclic) bond motifs is 1. The zero-order chi connectivity index (χ0) is 14.7. The van der Waals surface area contributed by atoms with Gasteiger partial charge >= 0.3 is 5.97 Å². The van der Waals surface area contributed by atoms with Crippen LogP contribution in [-0.4, -0.2) is 22.8 Å². The quantitative estimate of drug-likeness (QED) is 0.857. The third-order valence-corrected chi connectivity index (χ3v) is 3.43. The van der Waals surface area contributed by atoms with E-state index in [1.165, 1.54) is 5.56 Å². The van der Waals surface area contributed by atoms with Crippen molar-refractivity contribution < 1.29 is 9.53 Å². The van der Waals surface area contributed by atoms with Crippen molar-refractivity contribution in [2.75, 3.05) is 6.61 Å². The fourth-order valence-corrected chi connectivity index (χ4v) is 2.43. The van der Waals surface area contributed by atoms with E-state index in [0.717, 1.165) is 24.0 Å². The third-order valence-electron chi connectivity index (χ3n) is 3.43. The Morgan fingerprint density at radius 2 is 2.05 bits per heavy atom. The van der Waals surface area contributed by atoms with Crippen LogP contribution in [0.5, 0.6) is 0 Å². The van der Waals surface area contributed by atoms with Crippen molar-refractivity contribution in [2.24, 2.45) is 0 Å². The molecule has 2 aromatic rings. The molecule has 2 heterocycles. The molecule has 1 radical (unpaired) electrons. The Balaban J connectivity index is 1.83. The van der Waals surface area contributed by atoms with Crippen LogP contribution in [0, 0.1) is 0 Å². The van der Waals surface area contributed by atoms with Gasteiger partial charge < -0.3 is 4.74 Å². The van der Waals surface area contributed by atoms with Gasteiger partial charge in [0.15, 0.2) is 11.5 Å². The maximum atomic E-state index is 12.0. The number of carbonyl (C=O) groups is 1. The largest absolute Gasteiger partial charge is 0.461 e. The van der Waals surface area contributed by atoms with E-state index in [1.807, 2.05) is 18.2 Å². The van der Waals surface area contributed by atoms with Gasteiger partial charge in [-0.15, -0.1) is 0 Å². The van der Waals surface area contributed by atoms with Crippen LogP contribution in [0.25, 0.3) is 5.57 Å². The van der Waals surface area contributed by atoms with Crippen LogP contribution in [0.2, 0.25) is 0 Å². The number of H-pyrrole nitrogens is 1. The summed E-state index contributed by atoms with van der Waals surface area (Å²) in [5, 5.41) is 11.1. The van der Waals surface area contributed by atoms with Gasteiger partial charge in [-0.25, -0.2) is 10.1 Å². The van der Waals surface area contributed by atoms with Crippen molar-refractivity contribution in [3.63, 3.8) is 0 Å². The second-order valence-electron chi connectivity index (χ2n) is 4.78. The van der Waals surface area contributed by atoms with E-state index in [-0.39, 0.29) is 5.97 Å².